The number of amides is 1. The van der Waals surface area contributed by atoms with Gasteiger partial charge in [-0.15, -0.1) is 0 Å². The Bertz CT molecular complexity index is 806. The van der Waals surface area contributed by atoms with Crippen LogP contribution in [-0.4, -0.2) is 35.9 Å². The third kappa shape index (κ3) is 3.80. The van der Waals surface area contributed by atoms with Crippen molar-refractivity contribution in [2.75, 3.05) is 18.5 Å². The van der Waals surface area contributed by atoms with E-state index in [-0.39, 0.29) is 11.7 Å². The van der Waals surface area contributed by atoms with Crippen molar-refractivity contribution in [1.82, 2.24) is 10.3 Å². The molecule has 1 aromatic heterocycles. The fourth-order valence-corrected chi connectivity index (χ4v) is 3.26. The monoisotopic (exact) mass is 353 g/mol. The molecule has 136 valence electrons. The van der Waals surface area contributed by atoms with E-state index in [1.165, 1.54) is 12.8 Å². The highest BCUT2D eigenvalue weighted by molar-refractivity contribution is 6.13. The molecule has 1 heterocycles. The Morgan fingerprint density at radius 3 is 2.77 bits per heavy atom. The van der Waals surface area contributed by atoms with E-state index < -0.39 is 0 Å². The van der Waals surface area contributed by atoms with Crippen molar-refractivity contribution in [3.63, 3.8) is 0 Å². The van der Waals surface area contributed by atoms with Crippen LogP contribution in [0.15, 0.2) is 30.5 Å². The molecular formula is C20H23N3O3. The Balaban J connectivity index is 1.34. The Labute approximate surface area is 152 Å². The second-order valence-electron chi connectivity index (χ2n) is 6.89. The quantitative estimate of drug-likeness (QED) is 0.669. The summed E-state index contributed by atoms with van der Waals surface area (Å²) in [6.07, 6.45) is 6.33. The fraction of sp³-hybridized carbons (Fsp3) is 0.400. The minimum Gasteiger partial charge on any atom is -0.492 e. The Hall–Kier alpha value is -2.60. The minimum atomic E-state index is -0.264. The van der Waals surface area contributed by atoms with Crippen molar-refractivity contribution in [1.29, 1.82) is 0 Å². The van der Waals surface area contributed by atoms with Gasteiger partial charge in [0.25, 0.3) is 5.91 Å². The first-order chi connectivity index (χ1) is 12.7. The molecule has 0 aliphatic heterocycles. The first-order valence-electron chi connectivity index (χ1n) is 9.22. The predicted molar refractivity (Wildman–Crippen MR) is 99.0 cm³/mol. The minimum absolute atomic E-state index is 0.0428. The molecule has 6 nitrogen and oxygen atoms in total. The number of aromatic amines is 1. The van der Waals surface area contributed by atoms with Crippen molar-refractivity contribution in [3.05, 3.63) is 47.3 Å². The molecule has 26 heavy (non-hydrogen) atoms. The van der Waals surface area contributed by atoms with Crippen LogP contribution < -0.4 is 15.4 Å². The summed E-state index contributed by atoms with van der Waals surface area (Å²) in [7, 11) is 0. The normalized spacial score (nSPS) is 16.2. The smallest absolute Gasteiger partial charge is 0.257 e. The average molecular weight is 353 g/mol. The summed E-state index contributed by atoms with van der Waals surface area (Å²) in [5.41, 5.74) is 2.53. The molecule has 0 radical (unpaired) electrons. The molecule has 6 heteroatoms. The lowest BCUT2D eigenvalue weighted by molar-refractivity contribution is 0.0956. The molecule has 1 aromatic carbocycles. The summed E-state index contributed by atoms with van der Waals surface area (Å²) in [4.78, 5) is 27.7. The standard InChI is InChI=1S/C20H23N3O3/c24-18-3-1-2-17-19(18)16(12-22-17)20(25)23-14-6-8-15(9-7-14)26-11-10-21-13-4-5-13/h6-9,12-13,21-22H,1-5,10-11H2,(H,23,25). The molecule has 0 unspecified atom stereocenters. The van der Waals surface area contributed by atoms with Gasteiger partial charge in [0, 0.05) is 36.6 Å². The van der Waals surface area contributed by atoms with Crippen LogP contribution in [0.3, 0.4) is 0 Å². The van der Waals surface area contributed by atoms with Gasteiger partial charge in [-0.1, -0.05) is 0 Å². The van der Waals surface area contributed by atoms with E-state index >= 15 is 0 Å². The predicted octanol–water partition coefficient (Wildman–Crippen LogP) is 2.92. The van der Waals surface area contributed by atoms with Crippen LogP contribution in [0.2, 0.25) is 0 Å². The zero-order valence-electron chi connectivity index (χ0n) is 14.6. The van der Waals surface area contributed by atoms with Crippen LogP contribution in [0.25, 0.3) is 0 Å². The number of H-pyrrole nitrogens is 1. The summed E-state index contributed by atoms with van der Waals surface area (Å²) in [6, 6.07) is 7.97. The molecule has 0 spiro atoms. The van der Waals surface area contributed by atoms with E-state index in [9.17, 15) is 9.59 Å². The third-order valence-electron chi connectivity index (χ3n) is 4.81. The third-order valence-corrected chi connectivity index (χ3v) is 4.81. The number of hydrogen-bond donors (Lipinski definition) is 3. The number of carbonyl (C=O) groups excluding carboxylic acids is 2. The SMILES string of the molecule is O=C(Nc1ccc(OCCNC2CC2)cc1)c1c[nH]c2c1C(=O)CCC2. The molecule has 1 fully saturated rings. The van der Waals surface area contributed by atoms with Gasteiger partial charge in [0.15, 0.2) is 5.78 Å². The van der Waals surface area contributed by atoms with Crippen molar-refractivity contribution >= 4 is 17.4 Å². The lowest BCUT2D eigenvalue weighted by Gasteiger charge is -2.12. The van der Waals surface area contributed by atoms with Crippen LogP contribution in [0.4, 0.5) is 5.69 Å². The van der Waals surface area contributed by atoms with E-state index in [1.54, 1.807) is 6.20 Å². The van der Waals surface area contributed by atoms with Crippen LogP contribution >= 0.6 is 0 Å². The van der Waals surface area contributed by atoms with Crippen LogP contribution in [0.1, 0.15) is 52.1 Å². The summed E-state index contributed by atoms with van der Waals surface area (Å²) >= 11 is 0. The van der Waals surface area contributed by atoms with E-state index in [1.807, 2.05) is 24.3 Å². The molecule has 3 N–H and O–H groups in total. The number of fused-ring (bicyclic) bond motifs is 1. The van der Waals surface area contributed by atoms with Crippen molar-refractivity contribution in [2.45, 2.75) is 38.1 Å². The number of anilines is 1. The van der Waals surface area contributed by atoms with E-state index in [0.717, 1.165) is 30.8 Å². The maximum absolute atomic E-state index is 12.5. The molecule has 1 amide bonds. The largest absolute Gasteiger partial charge is 0.492 e. The summed E-state index contributed by atoms with van der Waals surface area (Å²) in [5, 5.41) is 6.25. The van der Waals surface area contributed by atoms with Gasteiger partial charge in [-0.05, 0) is 49.9 Å². The molecule has 2 aliphatic rings. The second kappa shape index (κ2) is 7.33. The summed E-state index contributed by atoms with van der Waals surface area (Å²) in [6.45, 7) is 1.47. The molecule has 0 atom stereocenters. The van der Waals surface area contributed by atoms with Gasteiger partial charge in [-0.25, -0.2) is 0 Å². The zero-order valence-corrected chi connectivity index (χ0v) is 14.6. The number of hydrogen-bond acceptors (Lipinski definition) is 4. The van der Waals surface area contributed by atoms with E-state index in [2.05, 4.69) is 15.6 Å². The number of ketones is 1. The van der Waals surface area contributed by atoms with E-state index in [4.69, 9.17) is 4.74 Å². The molecule has 4 rings (SSSR count). The molecule has 1 saturated carbocycles. The molecular weight excluding hydrogens is 330 g/mol. The molecule has 2 aliphatic carbocycles. The number of benzene rings is 1. The van der Waals surface area contributed by atoms with Crippen molar-refractivity contribution in [3.8, 4) is 5.75 Å². The number of rotatable bonds is 7. The van der Waals surface area contributed by atoms with Gasteiger partial charge in [0.2, 0.25) is 0 Å². The zero-order chi connectivity index (χ0) is 17.9. The number of ether oxygens (including phenoxy) is 1. The Morgan fingerprint density at radius 1 is 1.19 bits per heavy atom. The highest BCUT2D eigenvalue weighted by atomic mass is 16.5. The van der Waals surface area contributed by atoms with Gasteiger partial charge < -0.3 is 20.4 Å². The Kier molecular flexibility index (Phi) is 4.75. The first-order valence-corrected chi connectivity index (χ1v) is 9.22. The maximum atomic E-state index is 12.5. The molecule has 0 saturated heterocycles. The van der Waals surface area contributed by atoms with Crippen LogP contribution in [-0.2, 0) is 6.42 Å². The number of aryl methyl sites for hydroxylation is 1. The van der Waals surface area contributed by atoms with Crippen molar-refractivity contribution in [2.24, 2.45) is 0 Å². The maximum Gasteiger partial charge on any atom is 0.257 e. The van der Waals surface area contributed by atoms with Gasteiger partial charge in [-0.3, -0.25) is 9.59 Å². The highest BCUT2D eigenvalue weighted by Gasteiger charge is 2.25. The lowest BCUT2D eigenvalue weighted by atomic mass is 9.93. The number of nitrogens with one attached hydrogen (secondary N) is 3. The average Bonchev–Trinajstić information content (AvgIpc) is 3.36. The topological polar surface area (TPSA) is 83.2 Å². The summed E-state index contributed by atoms with van der Waals surface area (Å²) in [5.74, 6) is 0.552. The molecule has 0 bridgehead atoms. The van der Waals surface area contributed by atoms with Gasteiger partial charge in [0.05, 0.1) is 11.1 Å². The van der Waals surface area contributed by atoms with Crippen molar-refractivity contribution < 1.29 is 14.3 Å². The highest BCUT2D eigenvalue weighted by Crippen LogP contribution is 2.25. The van der Waals surface area contributed by atoms with Crippen LogP contribution in [0.5, 0.6) is 5.75 Å². The lowest BCUT2D eigenvalue weighted by Crippen LogP contribution is -2.22. The Morgan fingerprint density at radius 2 is 2.00 bits per heavy atom. The fourth-order valence-electron chi connectivity index (χ4n) is 3.26. The van der Waals surface area contributed by atoms with Gasteiger partial charge in [-0.2, -0.15) is 0 Å². The van der Waals surface area contributed by atoms with Crippen LogP contribution in [0, 0.1) is 0 Å². The first kappa shape index (κ1) is 16.8. The molecule has 2 aromatic rings. The van der Waals surface area contributed by atoms with Gasteiger partial charge in [0.1, 0.15) is 12.4 Å². The number of aromatic nitrogens is 1. The van der Waals surface area contributed by atoms with E-state index in [0.29, 0.717) is 35.9 Å². The number of carbonyl (C=O) groups is 2. The number of Topliss-reactive ketones (excluding diaryl/α,β-unsaturated/α-hetero) is 1. The second-order valence-corrected chi connectivity index (χ2v) is 6.89. The summed E-state index contributed by atoms with van der Waals surface area (Å²) < 4.78 is 5.68. The van der Waals surface area contributed by atoms with Gasteiger partial charge >= 0.3 is 0 Å².